The Morgan fingerprint density at radius 3 is 2.70 bits per heavy atom. The molecule has 1 aliphatic rings. The number of aryl methyl sites for hydroxylation is 1. The molecule has 0 spiro atoms. The zero-order chi connectivity index (χ0) is 14.2. The Kier molecular flexibility index (Phi) is 3.54. The first kappa shape index (κ1) is 13.6. The summed E-state index contributed by atoms with van der Waals surface area (Å²) in [5.41, 5.74) is 4.78. The quantitative estimate of drug-likeness (QED) is 0.664. The second kappa shape index (κ2) is 5.20. The van der Waals surface area contributed by atoms with E-state index in [1.807, 2.05) is 6.07 Å². The summed E-state index contributed by atoms with van der Waals surface area (Å²) in [6, 6.07) is 8.16. The van der Waals surface area contributed by atoms with Crippen molar-refractivity contribution in [2.24, 2.45) is 5.84 Å². The van der Waals surface area contributed by atoms with Gasteiger partial charge in [0.15, 0.2) is 0 Å². The molecule has 0 saturated heterocycles. The minimum absolute atomic E-state index is 0.109. The zero-order valence-corrected chi connectivity index (χ0v) is 12.1. The van der Waals surface area contributed by atoms with Crippen LogP contribution in [0.15, 0.2) is 28.7 Å². The number of fused-ring (bicyclic) bond motifs is 1. The van der Waals surface area contributed by atoms with Crippen LogP contribution in [0.2, 0.25) is 0 Å². The maximum Gasteiger partial charge on any atom is 0.134 e. The molecule has 0 amide bonds. The Balaban J connectivity index is 2.02. The van der Waals surface area contributed by atoms with E-state index in [2.05, 4.69) is 30.5 Å². The largest absolute Gasteiger partial charge is 0.459 e. The second-order valence-electron chi connectivity index (χ2n) is 5.77. The van der Waals surface area contributed by atoms with Crippen LogP contribution in [0.1, 0.15) is 43.0 Å². The Morgan fingerprint density at radius 1 is 1.30 bits per heavy atom. The van der Waals surface area contributed by atoms with Crippen LogP contribution in [0.25, 0.3) is 11.0 Å². The average Bonchev–Trinajstić information content (AvgIpc) is 3.06. The molecule has 1 aliphatic carbocycles. The molecule has 3 rings (SSSR count). The summed E-state index contributed by atoms with van der Waals surface area (Å²) in [4.78, 5) is 0. The molecule has 20 heavy (non-hydrogen) atoms. The van der Waals surface area contributed by atoms with Crippen molar-refractivity contribution in [1.82, 2.24) is 5.43 Å². The molecule has 0 radical (unpaired) electrons. The van der Waals surface area contributed by atoms with Gasteiger partial charge in [0.25, 0.3) is 0 Å². The van der Waals surface area contributed by atoms with Crippen LogP contribution < -0.4 is 11.3 Å². The molecule has 1 aromatic carbocycles. The molecule has 0 aliphatic heterocycles. The van der Waals surface area contributed by atoms with Crippen LogP contribution in [0, 0.1) is 6.92 Å². The highest BCUT2D eigenvalue weighted by Crippen LogP contribution is 2.43. The summed E-state index contributed by atoms with van der Waals surface area (Å²) in [7, 11) is 1.77. The number of ether oxygens (including phenoxy) is 1. The molecule has 1 saturated carbocycles. The molecular formula is C16H22N2O2. The van der Waals surface area contributed by atoms with Gasteiger partial charge >= 0.3 is 0 Å². The number of nitrogens with two attached hydrogens (primary N) is 1. The molecule has 4 nitrogen and oxygen atoms in total. The maximum atomic E-state index is 5.99. The number of methoxy groups -OCH3 is 1. The van der Waals surface area contributed by atoms with Gasteiger partial charge in [-0.1, -0.05) is 24.5 Å². The SMILES string of the molecule is COC1(C(NN)c2cc3cc(C)ccc3o2)CCCC1. The number of furan rings is 1. The number of nitrogens with one attached hydrogen (secondary N) is 1. The maximum absolute atomic E-state index is 5.99. The van der Waals surface area contributed by atoms with Gasteiger partial charge in [-0.15, -0.1) is 0 Å². The van der Waals surface area contributed by atoms with E-state index >= 15 is 0 Å². The van der Waals surface area contributed by atoms with E-state index in [1.54, 1.807) is 7.11 Å². The lowest BCUT2D eigenvalue weighted by atomic mass is 9.90. The van der Waals surface area contributed by atoms with Gasteiger partial charge in [-0.2, -0.15) is 0 Å². The molecule has 4 heteroatoms. The number of hydrazine groups is 1. The van der Waals surface area contributed by atoms with Crippen LogP contribution in [0.5, 0.6) is 0 Å². The van der Waals surface area contributed by atoms with E-state index in [1.165, 1.54) is 18.4 Å². The average molecular weight is 274 g/mol. The summed E-state index contributed by atoms with van der Waals surface area (Å²) in [5, 5.41) is 1.12. The molecule has 1 atom stereocenters. The fourth-order valence-electron chi connectivity index (χ4n) is 3.40. The minimum Gasteiger partial charge on any atom is -0.459 e. The highest BCUT2D eigenvalue weighted by molar-refractivity contribution is 5.78. The lowest BCUT2D eigenvalue weighted by Crippen LogP contribution is -2.46. The van der Waals surface area contributed by atoms with Crippen molar-refractivity contribution in [3.63, 3.8) is 0 Å². The monoisotopic (exact) mass is 274 g/mol. The fourth-order valence-corrected chi connectivity index (χ4v) is 3.40. The van der Waals surface area contributed by atoms with Gasteiger partial charge in [-0.3, -0.25) is 5.84 Å². The molecular weight excluding hydrogens is 252 g/mol. The van der Waals surface area contributed by atoms with Crippen LogP contribution in [0.3, 0.4) is 0 Å². The normalized spacial score (nSPS) is 19.6. The summed E-state index contributed by atoms with van der Waals surface area (Å²) >= 11 is 0. The number of benzene rings is 1. The smallest absolute Gasteiger partial charge is 0.134 e. The number of hydrogen-bond acceptors (Lipinski definition) is 4. The molecule has 2 aromatic rings. The molecule has 108 valence electrons. The third-order valence-corrected chi connectivity index (χ3v) is 4.52. The molecule has 3 N–H and O–H groups in total. The van der Waals surface area contributed by atoms with Crippen LogP contribution in [0.4, 0.5) is 0 Å². The van der Waals surface area contributed by atoms with Crippen LogP contribution in [-0.2, 0) is 4.74 Å². The summed E-state index contributed by atoms with van der Waals surface area (Å²) in [6.07, 6.45) is 4.36. The Morgan fingerprint density at radius 2 is 2.05 bits per heavy atom. The highest BCUT2D eigenvalue weighted by Gasteiger charge is 2.43. The number of hydrogen-bond donors (Lipinski definition) is 2. The van der Waals surface area contributed by atoms with Gasteiger partial charge < -0.3 is 9.15 Å². The van der Waals surface area contributed by atoms with Gasteiger partial charge in [0.05, 0.1) is 5.60 Å². The fraction of sp³-hybridized carbons (Fsp3) is 0.500. The second-order valence-corrected chi connectivity index (χ2v) is 5.77. The molecule has 1 heterocycles. The molecule has 1 aromatic heterocycles. The number of rotatable bonds is 4. The predicted octanol–water partition coefficient (Wildman–Crippen LogP) is 3.20. The molecule has 1 unspecified atom stereocenters. The predicted molar refractivity (Wildman–Crippen MR) is 79.2 cm³/mol. The lowest BCUT2D eigenvalue weighted by molar-refractivity contribution is -0.0418. The van der Waals surface area contributed by atoms with Crippen molar-refractivity contribution in [1.29, 1.82) is 0 Å². The Bertz CT molecular complexity index is 600. The zero-order valence-electron chi connectivity index (χ0n) is 12.1. The topological polar surface area (TPSA) is 60.4 Å². The third kappa shape index (κ3) is 2.14. The van der Waals surface area contributed by atoms with Crippen molar-refractivity contribution < 1.29 is 9.15 Å². The van der Waals surface area contributed by atoms with Gasteiger partial charge in [0, 0.05) is 12.5 Å². The van der Waals surface area contributed by atoms with E-state index < -0.39 is 0 Å². The van der Waals surface area contributed by atoms with Crippen molar-refractivity contribution in [2.45, 2.75) is 44.2 Å². The van der Waals surface area contributed by atoms with Gasteiger partial charge in [0.1, 0.15) is 17.4 Å². The molecule has 0 bridgehead atoms. The van der Waals surface area contributed by atoms with Crippen LogP contribution >= 0.6 is 0 Å². The van der Waals surface area contributed by atoms with E-state index in [-0.39, 0.29) is 11.6 Å². The first-order valence-corrected chi connectivity index (χ1v) is 7.20. The first-order chi connectivity index (χ1) is 9.68. The van der Waals surface area contributed by atoms with Crippen molar-refractivity contribution >= 4 is 11.0 Å². The highest BCUT2D eigenvalue weighted by atomic mass is 16.5. The first-order valence-electron chi connectivity index (χ1n) is 7.20. The standard InChI is InChI=1S/C16H22N2O2/c1-11-5-6-13-12(9-11)10-14(20-13)15(18-17)16(19-2)7-3-4-8-16/h5-6,9-10,15,18H,3-4,7-8,17H2,1-2H3. The Hall–Kier alpha value is -1.36. The summed E-state index contributed by atoms with van der Waals surface area (Å²) in [6.45, 7) is 2.08. The summed E-state index contributed by atoms with van der Waals surface area (Å²) < 4.78 is 11.8. The van der Waals surface area contributed by atoms with Crippen molar-refractivity contribution in [2.75, 3.05) is 7.11 Å². The van der Waals surface area contributed by atoms with Gasteiger partial charge in [-0.05, 0) is 38.0 Å². The molecule has 1 fully saturated rings. The minimum atomic E-state index is -0.252. The van der Waals surface area contributed by atoms with Gasteiger partial charge in [-0.25, -0.2) is 5.43 Å². The summed E-state index contributed by atoms with van der Waals surface area (Å²) in [5.74, 6) is 6.67. The van der Waals surface area contributed by atoms with Crippen molar-refractivity contribution in [3.05, 3.63) is 35.6 Å². The van der Waals surface area contributed by atoms with Gasteiger partial charge in [0.2, 0.25) is 0 Å². The van der Waals surface area contributed by atoms with E-state index in [9.17, 15) is 0 Å². The van der Waals surface area contributed by atoms with Crippen LogP contribution in [-0.4, -0.2) is 12.7 Å². The lowest BCUT2D eigenvalue weighted by Gasteiger charge is -2.34. The van der Waals surface area contributed by atoms with E-state index in [0.717, 1.165) is 29.6 Å². The third-order valence-electron chi connectivity index (χ3n) is 4.52. The van der Waals surface area contributed by atoms with E-state index in [0.29, 0.717) is 0 Å². The van der Waals surface area contributed by atoms with Crippen molar-refractivity contribution in [3.8, 4) is 0 Å². The van der Waals surface area contributed by atoms with E-state index in [4.69, 9.17) is 15.0 Å². The Labute approximate surface area is 119 Å².